The van der Waals surface area contributed by atoms with Crippen molar-refractivity contribution >= 4 is 26.0 Å². The SMILES string of the molecule is O=S(=O)(c1ccccc1Br)N1CCC(N2CCCC2)CC1. The van der Waals surface area contributed by atoms with Gasteiger partial charge in [0.15, 0.2) is 0 Å². The number of nitrogens with zero attached hydrogens (tertiary/aromatic N) is 2. The van der Waals surface area contributed by atoms with E-state index in [-0.39, 0.29) is 0 Å². The van der Waals surface area contributed by atoms with Crippen LogP contribution in [0.2, 0.25) is 0 Å². The van der Waals surface area contributed by atoms with Crippen molar-refractivity contribution in [2.75, 3.05) is 26.2 Å². The molecule has 3 rings (SSSR count). The fourth-order valence-electron chi connectivity index (χ4n) is 3.35. The van der Waals surface area contributed by atoms with Crippen LogP contribution in [0.3, 0.4) is 0 Å². The molecular formula is C15H21BrN2O2S. The number of sulfonamides is 1. The van der Waals surface area contributed by atoms with Gasteiger partial charge < -0.3 is 4.90 Å². The Balaban J connectivity index is 1.70. The summed E-state index contributed by atoms with van der Waals surface area (Å²) < 4.78 is 27.7. The summed E-state index contributed by atoms with van der Waals surface area (Å²) in [7, 11) is -3.37. The zero-order valence-electron chi connectivity index (χ0n) is 12.0. The molecule has 0 spiro atoms. The molecule has 1 aromatic rings. The number of benzene rings is 1. The van der Waals surface area contributed by atoms with E-state index in [0.717, 1.165) is 12.8 Å². The molecule has 0 amide bonds. The minimum atomic E-state index is -3.37. The fraction of sp³-hybridized carbons (Fsp3) is 0.600. The van der Waals surface area contributed by atoms with Gasteiger partial charge in [-0.2, -0.15) is 4.31 Å². The quantitative estimate of drug-likeness (QED) is 0.818. The Kier molecular flexibility index (Phi) is 4.69. The third-order valence-corrected chi connectivity index (χ3v) is 7.45. The molecule has 2 aliphatic heterocycles. The lowest BCUT2D eigenvalue weighted by Gasteiger charge is -2.36. The van der Waals surface area contributed by atoms with Crippen LogP contribution in [0.1, 0.15) is 25.7 Å². The molecule has 0 aromatic heterocycles. The summed E-state index contributed by atoms with van der Waals surface area (Å²) in [6.45, 7) is 3.62. The van der Waals surface area contributed by atoms with Crippen LogP contribution in [-0.4, -0.2) is 49.8 Å². The van der Waals surface area contributed by atoms with Gasteiger partial charge in [0, 0.05) is 23.6 Å². The summed E-state index contributed by atoms with van der Waals surface area (Å²) in [5.41, 5.74) is 0. The second-order valence-electron chi connectivity index (χ2n) is 5.81. The monoisotopic (exact) mass is 372 g/mol. The van der Waals surface area contributed by atoms with E-state index in [2.05, 4.69) is 20.8 Å². The lowest BCUT2D eigenvalue weighted by Crippen LogP contribution is -2.45. The van der Waals surface area contributed by atoms with E-state index >= 15 is 0 Å². The van der Waals surface area contributed by atoms with Crippen LogP contribution in [0, 0.1) is 0 Å². The molecule has 4 nitrogen and oxygen atoms in total. The highest BCUT2D eigenvalue weighted by molar-refractivity contribution is 9.10. The van der Waals surface area contributed by atoms with Crippen molar-refractivity contribution in [3.8, 4) is 0 Å². The molecule has 0 saturated carbocycles. The van der Waals surface area contributed by atoms with Crippen molar-refractivity contribution in [2.45, 2.75) is 36.6 Å². The summed E-state index contributed by atoms with van der Waals surface area (Å²) in [6.07, 6.45) is 4.47. The molecule has 116 valence electrons. The van der Waals surface area contributed by atoms with Gasteiger partial charge in [-0.25, -0.2) is 8.42 Å². The maximum Gasteiger partial charge on any atom is 0.244 e. The number of halogens is 1. The molecular weight excluding hydrogens is 352 g/mol. The van der Waals surface area contributed by atoms with Gasteiger partial charge in [0.05, 0.1) is 4.90 Å². The maximum atomic E-state index is 12.7. The molecule has 2 heterocycles. The Morgan fingerprint density at radius 3 is 2.24 bits per heavy atom. The molecule has 2 aliphatic rings. The Morgan fingerprint density at radius 2 is 1.62 bits per heavy atom. The Hall–Kier alpha value is -0.430. The van der Waals surface area contributed by atoms with E-state index in [1.807, 2.05) is 6.07 Å². The molecule has 0 radical (unpaired) electrons. The zero-order valence-corrected chi connectivity index (χ0v) is 14.4. The van der Waals surface area contributed by atoms with E-state index < -0.39 is 10.0 Å². The van der Waals surface area contributed by atoms with Gasteiger partial charge in [0.1, 0.15) is 0 Å². The standard InChI is InChI=1S/C15H21BrN2O2S/c16-14-5-1-2-6-15(14)21(19,20)18-11-7-13(8-12-18)17-9-3-4-10-17/h1-2,5-6,13H,3-4,7-12H2. The molecule has 0 atom stereocenters. The summed E-state index contributed by atoms with van der Waals surface area (Å²) in [6, 6.07) is 7.63. The van der Waals surface area contributed by atoms with Gasteiger partial charge in [0.25, 0.3) is 0 Å². The lowest BCUT2D eigenvalue weighted by atomic mass is 10.1. The normalized spacial score (nSPS) is 22.7. The van der Waals surface area contributed by atoms with E-state index in [4.69, 9.17) is 0 Å². The molecule has 2 fully saturated rings. The molecule has 1 aromatic carbocycles. The number of rotatable bonds is 3. The van der Waals surface area contributed by atoms with Crippen molar-refractivity contribution < 1.29 is 8.42 Å². The van der Waals surface area contributed by atoms with Gasteiger partial charge in [-0.15, -0.1) is 0 Å². The van der Waals surface area contributed by atoms with Gasteiger partial charge in [-0.1, -0.05) is 12.1 Å². The minimum absolute atomic E-state index is 0.379. The topological polar surface area (TPSA) is 40.6 Å². The molecule has 6 heteroatoms. The van der Waals surface area contributed by atoms with Crippen molar-refractivity contribution in [2.24, 2.45) is 0 Å². The number of likely N-dealkylation sites (tertiary alicyclic amines) is 1. The molecule has 21 heavy (non-hydrogen) atoms. The van der Waals surface area contributed by atoms with E-state index in [1.165, 1.54) is 25.9 Å². The number of hydrogen-bond donors (Lipinski definition) is 0. The summed E-state index contributed by atoms with van der Waals surface area (Å²) in [5, 5.41) is 0. The van der Waals surface area contributed by atoms with Gasteiger partial charge >= 0.3 is 0 Å². The fourth-order valence-corrected chi connectivity index (χ4v) is 5.78. The lowest BCUT2D eigenvalue weighted by molar-refractivity contribution is 0.168. The largest absolute Gasteiger partial charge is 0.300 e. The molecule has 2 saturated heterocycles. The van der Waals surface area contributed by atoms with Crippen LogP contribution in [0.15, 0.2) is 33.6 Å². The molecule has 0 aliphatic carbocycles. The first-order valence-electron chi connectivity index (χ1n) is 7.58. The van der Waals surface area contributed by atoms with Gasteiger partial charge in [-0.3, -0.25) is 0 Å². The Labute approximate surface area is 135 Å². The highest BCUT2D eigenvalue weighted by atomic mass is 79.9. The van der Waals surface area contributed by atoms with Crippen LogP contribution >= 0.6 is 15.9 Å². The van der Waals surface area contributed by atoms with Gasteiger partial charge in [-0.05, 0) is 66.8 Å². The second kappa shape index (κ2) is 6.36. The smallest absolute Gasteiger partial charge is 0.244 e. The first kappa shape index (κ1) is 15.5. The van der Waals surface area contributed by atoms with Crippen LogP contribution in [0.5, 0.6) is 0 Å². The predicted octanol–water partition coefficient (Wildman–Crippen LogP) is 2.70. The van der Waals surface area contributed by atoms with Gasteiger partial charge in [0.2, 0.25) is 10.0 Å². The summed E-state index contributed by atoms with van der Waals surface area (Å²) >= 11 is 3.35. The van der Waals surface area contributed by atoms with Crippen LogP contribution < -0.4 is 0 Å². The number of hydrogen-bond acceptors (Lipinski definition) is 3. The Morgan fingerprint density at radius 1 is 1.00 bits per heavy atom. The minimum Gasteiger partial charge on any atom is -0.300 e. The van der Waals surface area contributed by atoms with Crippen molar-refractivity contribution in [1.82, 2.24) is 9.21 Å². The average Bonchev–Trinajstić information content (AvgIpc) is 3.02. The highest BCUT2D eigenvalue weighted by Gasteiger charge is 2.33. The third-order valence-electron chi connectivity index (χ3n) is 4.53. The van der Waals surface area contributed by atoms with Crippen LogP contribution in [0.25, 0.3) is 0 Å². The summed E-state index contributed by atoms with van der Waals surface area (Å²) in [4.78, 5) is 2.91. The first-order chi connectivity index (χ1) is 10.1. The summed E-state index contributed by atoms with van der Waals surface area (Å²) in [5.74, 6) is 0. The van der Waals surface area contributed by atoms with E-state index in [0.29, 0.717) is 28.5 Å². The van der Waals surface area contributed by atoms with Crippen LogP contribution in [-0.2, 0) is 10.0 Å². The van der Waals surface area contributed by atoms with Crippen molar-refractivity contribution in [1.29, 1.82) is 0 Å². The third kappa shape index (κ3) is 3.18. The zero-order chi connectivity index (χ0) is 14.9. The first-order valence-corrected chi connectivity index (χ1v) is 9.81. The average molecular weight is 373 g/mol. The Bertz CT molecular complexity index is 591. The molecule has 0 N–H and O–H groups in total. The molecule has 0 bridgehead atoms. The van der Waals surface area contributed by atoms with E-state index in [1.54, 1.807) is 22.5 Å². The van der Waals surface area contributed by atoms with Crippen molar-refractivity contribution in [3.05, 3.63) is 28.7 Å². The van der Waals surface area contributed by atoms with E-state index in [9.17, 15) is 8.42 Å². The van der Waals surface area contributed by atoms with Crippen LogP contribution in [0.4, 0.5) is 0 Å². The predicted molar refractivity (Wildman–Crippen MR) is 86.7 cm³/mol. The maximum absolute atomic E-state index is 12.7. The highest BCUT2D eigenvalue weighted by Crippen LogP contribution is 2.28. The molecule has 0 unspecified atom stereocenters. The number of piperidine rings is 1. The second-order valence-corrected chi connectivity index (χ2v) is 8.57. The van der Waals surface area contributed by atoms with Crippen molar-refractivity contribution in [3.63, 3.8) is 0 Å².